The zero-order chi connectivity index (χ0) is 12.3. The lowest BCUT2D eigenvalue weighted by atomic mass is 10.2. The molecule has 0 spiro atoms. The molecule has 1 amide bonds. The van der Waals surface area contributed by atoms with Gasteiger partial charge in [0.05, 0.1) is 6.61 Å². The van der Waals surface area contributed by atoms with Crippen LogP contribution >= 0.6 is 0 Å². The Morgan fingerprint density at radius 1 is 1.24 bits per heavy atom. The Balaban J connectivity index is 1.95. The Labute approximate surface area is 102 Å². The fourth-order valence-corrected chi connectivity index (χ4v) is 1.39. The van der Waals surface area contributed by atoms with Crippen LogP contribution in [0.4, 0.5) is 0 Å². The highest BCUT2D eigenvalue weighted by Gasteiger charge is 1.94. The van der Waals surface area contributed by atoms with Crippen LogP contribution in [0.1, 0.15) is 19.3 Å². The lowest BCUT2D eigenvalue weighted by Crippen LogP contribution is -2.21. The second-order valence-corrected chi connectivity index (χ2v) is 3.72. The third kappa shape index (κ3) is 6.40. The fraction of sp³-hybridized carbons (Fsp3) is 0.357. The van der Waals surface area contributed by atoms with Crippen LogP contribution < -0.4 is 10.1 Å². The predicted molar refractivity (Wildman–Crippen MR) is 69.0 cm³/mol. The summed E-state index contributed by atoms with van der Waals surface area (Å²) >= 11 is 0. The average molecular weight is 233 g/mol. The van der Waals surface area contributed by atoms with Crippen LogP contribution in [0.25, 0.3) is 0 Å². The first-order valence-electron chi connectivity index (χ1n) is 5.91. The number of benzene rings is 1. The maximum absolute atomic E-state index is 10.8. The molecule has 0 saturated carbocycles. The molecule has 1 N–H and O–H groups in total. The second-order valence-electron chi connectivity index (χ2n) is 3.72. The second kappa shape index (κ2) is 8.39. The van der Waals surface area contributed by atoms with E-state index in [9.17, 15) is 4.79 Å². The van der Waals surface area contributed by atoms with Gasteiger partial charge in [-0.15, -0.1) is 0 Å². The molecule has 0 aliphatic heterocycles. The number of carbonyl (C=O) groups excluding carboxylic acids is 1. The Kier molecular flexibility index (Phi) is 6.56. The Morgan fingerprint density at radius 3 is 2.71 bits per heavy atom. The van der Waals surface area contributed by atoms with Crippen molar-refractivity contribution in [2.45, 2.75) is 19.3 Å². The molecule has 0 saturated heterocycles. The van der Waals surface area contributed by atoms with Gasteiger partial charge in [-0.05, 0) is 37.5 Å². The average Bonchev–Trinajstić information content (AvgIpc) is 2.38. The summed E-state index contributed by atoms with van der Waals surface area (Å²) in [5, 5.41) is 2.74. The van der Waals surface area contributed by atoms with E-state index >= 15 is 0 Å². The van der Waals surface area contributed by atoms with Gasteiger partial charge in [0.2, 0.25) is 5.91 Å². The number of ether oxygens (including phenoxy) is 1. The van der Waals surface area contributed by atoms with E-state index in [0.717, 1.165) is 31.6 Å². The molecule has 92 valence electrons. The number of carbonyl (C=O) groups is 1. The minimum Gasteiger partial charge on any atom is -0.494 e. The Morgan fingerprint density at radius 2 is 2.00 bits per heavy atom. The number of para-hydroxylation sites is 1. The topological polar surface area (TPSA) is 38.3 Å². The van der Waals surface area contributed by atoms with Gasteiger partial charge in [0, 0.05) is 6.54 Å². The molecule has 0 unspecified atom stereocenters. The molecule has 17 heavy (non-hydrogen) atoms. The molecule has 0 fully saturated rings. The lowest BCUT2D eigenvalue weighted by Gasteiger charge is -2.05. The van der Waals surface area contributed by atoms with E-state index in [0.29, 0.717) is 6.54 Å². The van der Waals surface area contributed by atoms with Crippen molar-refractivity contribution in [3.63, 3.8) is 0 Å². The van der Waals surface area contributed by atoms with E-state index in [4.69, 9.17) is 4.74 Å². The maximum atomic E-state index is 10.8. The van der Waals surface area contributed by atoms with Crippen LogP contribution in [0.2, 0.25) is 0 Å². The fourth-order valence-electron chi connectivity index (χ4n) is 1.39. The largest absolute Gasteiger partial charge is 0.494 e. The summed E-state index contributed by atoms with van der Waals surface area (Å²) in [6.45, 7) is 4.82. The molecule has 0 aliphatic rings. The van der Waals surface area contributed by atoms with Crippen molar-refractivity contribution in [1.29, 1.82) is 0 Å². The molecule has 1 rings (SSSR count). The summed E-state index contributed by atoms with van der Waals surface area (Å²) in [6.07, 6.45) is 4.30. The van der Waals surface area contributed by atoms with E-state index < -0.39 is 0 Å². The summed E-state index contributed by atoms with van der Waals surface area (Å²) in [4.78, 5) is 10.8. The zero-order valence-corrected chi connectivity index (χ0v) is 10.0. The van der Waals surface area contributed by atoms with Gasteiger partial charge < -0.3 is 10.1 Å². The van der Waals surface area contributed by atoms with Gasteiger partial charge in [0.25, 0.3) is 0 Å². The van der Waals surface area contributed by atoms with E-state index in [1.165, 1.54) is 6.08 Å². The number of amides is 1. The lowest BCUT2D eigenvalue weighted by molar-refractivity contribution is -0.116. The number of nitrogens with one attached hydrogen (secondary N) is 1. The number of hydrogen-bond donors (Lipinski definition) is 1. The molecular formula is C14H19NO2. The van der Waals surface area contributed by atoms with Gasteiger partial charge in [-0.1, -0.05) is 24.8 Å². The Bertz CT molecular complexity index is 335. The SMILES string of the molecule is C=CC(=O)NCCCCCOc1ccccc1. The molecule has 0 aromatic heterocycles. The summed E-state index contributed by atoms with van der Waals surface area (Å²) in [5.74, 6) is 0.804. The van der Waals surface area contributed by atoms with Crippen LogP contribution in [0.5, 0.6) is 5.75 Å². The summed E-state index contributed by atoms with van der Waals surface area (Å²) in [6, 6.07) is 9.78. The van der Waals surface area contributed by atoms with Crippen LogP contribution in [0.15, 0.2) is 43.0 Å². The van der Waals surface area contributed by atoms with Gasteiger partial charge in [0.15, 0.2) is 0 Å². The van der Waals surface area contributed by atoms with Crippen molar-refractivity contribution in [2.24, 2.45) is 0 Å². The zero-order valence-electron chi connectivity index (χ0n) is 10.0. The van der Waals surface area contributed by atoms with Crippen molar-refractivity contribution < 1.29 is 9.53 Å². The summed E-state index contributed by atoms with van der Waals surface area (Å²) < 4.78 is 5.55. The minimum absolute atomic E-state index is 0.106. The highest BCUT2D eigenvalue weighted by Crippen LogP contribution is 2.08. The van der Waals surface area contributed by atoms with Crippen molar-refractivity contribution in [1.82, 2.24) is 5.32 Å². The van der Waals surface area contributed by atoms with Crippen molar-refractivity contribution in [2.75, 3.05) is 13.2 Å². The molecule has 1 aromatic carbocycles. The highest BCUT2D eigenvalue weighted by molar-refractivity contribution is 5.86. The third-order valence-electron chi connectivity index (χ3n) is 2.32. The molecular weight excluding hydrogens is 214 g/mol. The van der Waals surface area contributed by atoms with E-state index in [2.05, 4.69) is 11.9 Å². The van der Waals surface area contributed by atoms with Gasteiger partial charge in [-0.25, -0.2) is 0 Å². The standard InChI is InChI=1S/C14H19NO2/c1-2-14(16)15-11-7-4-8-12-17-13-9-5-3-6-10-13/h2-3,5-6,9-10H,1,4,7-8,11-12H2,(H,15,16). The molecule has 1 aromatic rings. The van der Waals surface area contributed by atoms with Crippen LogP contribution in [0, 0.1) is 0 Å². The first-order valence-corrected chi connectivity index (χ1v) is 5.91. The summed E-state index contributed by atoms with van der Waals surface area (Å²) in [5.41, 5.74) is 0. The first-order chi connectivity index (χ1) is 8.33. The molecule has 3 nitrogen and oxygen atoms in total. The van der Waals surface area contributed by atoms with E-state index in [1.54, 1.807) is 0 Å². The van der Waals surface area contributed by atoms with Crippen LogP contribution in [-0.2, 0) is 4.79 Å². The molecule has 0 radical (unpaired) electrons. The van der Waals surface area contributed by atoms with Crippen LogP contribution in [-0.4, -0.2) is 19.1 Å². The highest BCUT2D eigenvalue weighted by atomic mass is 16.5. The number of unbranched alkanes of at least 4 members (excludes halogenated alkanes) is 2. The van der Waals surface area contributed by atoms with E-state index in [-0.39, 0.29) is 5.91 Å². The molecule has 0 atom stereocenters. The number of rotatable bonds is 8. The van der Waals surface area contributed by atoms with E-state index in [1.807, 2.05) is 30.3 Å². The monoisotopic (exact) mass is 233 g/mol. The molecule has 0 bridgehead atoms. The third-order valence-corrected chi connectivity index (χ3v) is 2.32. The van der Waals surface area contributed by atoms with Crippen LogP contribution in [0.3, 0.4) is 0 Å². The smallest absolute Gasteiger partial charge is 0.243 e. The maximum Gasteiger partial charge on any atom is 0.243 e. The quantitative estimate of drug-likeness (QED) is 0.553. The summed E-state index contributed by atoms with van der Waals surface area (Å²) in [7, 11) is 0. The van der Waals surface area contributed by atoms with Crippen molar-refractivity contribution in [3.05, 3.63) is 43.0 Å². The molecule has 0 heterocycles. The van der Waals surface area contributed by atoms with Gasteiger partial charge in [-0.3, -0.25) is 4.79 Å². The predicted octanol–water partition coefficient (Wildman–Crippen LogP) is 2.54. The molecule has 3 heteroatoms. The van der Waals surface area contributed by atoms with Gasteiger partial charge in [-0.2, -0.15) is 0 Å². The van der Waals surface area contributed by atoms with Crippen molar-refractivity contribution in [3.8, 4) is 5.75 Å². The normalized spacial score (nSPS) is 9.65. The van der Waals surface area contributed by atoms with Gasteiger partial charge in [0.1, 0.15) is 5.75 Å². The first kappa shape index (κ1) is 13.3. The van der Waals surface area contributed by atoms with Gasteiger partial charge >= 0.3 is 0 Å². The van der Waals surface area contributed by atoms with Crippen molar-refractivity contribution >= 4 is 5.91 Å². The number of hydrogen-bond acceptors (Lipinski definition) is 2. The minimum atomic E-state index is -0.106. The Hall–Kier alpha value is -1.77. The molecule has 0 aliphatic carbocycles.